The van der Waals surface area contributed by atoms with Crippen LogP contribution in [0.5, 0.6) is 0 Å². The molecule has 0 radical (unpaired) electrons. The molecule has 0 bridgehead atoms. The molecule has 3 nitrogen and oxygen atoms in total. The molecule has 3 heteroatoms. The molecule has 21 heavy (non-hydrogen) atoms. The maximum Gasteiger partial charge on any atom is 0.260 e. The Kier molecular flexibility index (Phi) is 3.42. The van der Waals surface area contributed by atoms with Crippen molar-refractivity contribution in [1.29, 1.82) is 0 Å². The van der Waals surface area contributed by atoms with Crippen LogP contribution >= 0.6 is 0 Å². The summed E-state index contributed by atoms with van der Waals surface area (Å²) in [6.45, 7) is 4.03. The van der Waals surface area contributed by atoms with Crippen molar-refractivity contribution >= 4 is 17.3 Å². The second-order valence-corrected chi connectivity index (χ2v) is 5.73. The highest BCUT2D eigenvalue weighted by atomic mass is 16.2. The maximum absolute atomic E-state index is 13.0. The number of nitrogens with two attached hydrogens (primary N) is 1. The Hall–Kier alpha value is -2.29. The van der Waals surface area contributed by atoms with Gasteiger partial charge in [0.25, 0.3) is 5.91 Å². The van der Waals surface area contributed by atoms with Gasteiger partial charge in [-0.2, -0.15) is 0 Å². The van der Waals surface area contributed by atoms with Crippen molar-refractivity contribution in [3.8, 4) is 0 Å². The van der Waals surface area contributed by atoms with E-state index in [2.05, 4.69) is 13.0 Å². The molecule has 0 aromatic heterocycles. The molecule has 0 saturated carbocycles. The largest absolute Gasteiger partial charge is 0.398 e. The summed E-state index contributed by atoms with van der Waals surface area (Å²) in [4.78, 5) is 14.9. The minimum Gasteiger partial charge on any atom is -0.398 e. The number of benzene rings is 2. The van der Waals surface area contributed by atoms with Gasteiger partial charge in [-0.25, -0.2) is 0 Å². The van der Waals surface area contributed by atoms with Gasteiger partial charge < -0.3 is 10.6 Å². The van der Waals surface area contributed by atoms with Crippen molar-refractivity contribution in [3.63, 3.8) is 0 Å². The molecule has 1 heterocycles. The number of anilines is 2. The molecule has 2 aromatic rings. The van der Waals surface area contributed by atoms with E-state index in [1.165, 1.54) is 5.56 Å². The quantitative estimate of drug-likeness (QED) is 0.812. The number of nitrogens with zero attached hydrogens (tertiary/aromatic N) is 1. The summed E-state index contributed by atoms with van der Waals surface area (Å²) in [5, 5.41) is 0. The fourth-order valence-corrected chi connectivity index (χ4v) is 2.99. The lowest BCUT2D eigenvalue weighted by molar-refractivity contribution is 0.0976. The first-order valence-electron chi connectivity index (χ1n) is 7.36. The van der Waals surface area contributed by atoms with E-state index >= 15 is 0 Å². The van der Waals surface area contributed by atoms with Gasteiger partial charge in [0.1, 0.15) is 0 Å². The summed E-state index contributed by atoms with van der Waals surface area (Å²) in [5.74, 6) is -0.00384. The minimum atomic E-state index is -0.00384. The fourth-order valence-electron chi connectivity index (χ4n) is 2.99. The highest BCUT2D eigenvalue weighted by molar-refractivity contribution is 6.10. The van der Waals surface area contributed by atoms with E-state index in [-0.39, 0.29) is 11.9 Å². The highest BCUT2D eigenvalue weighted by Gasteiger charge is 2.29. The molecule has 0 spiro atoms. The average molecular weight is 280 g/mol. The standard InChI is InChI=1S/C18H20N2O/c1-12-6-5-8-15(17(12)19)18(21)20-13(2)10-11-14-7-3-4-9-16(14)20/h3-9,13H,10-11,19H2,1-2H3. The van der Waals surface area contributed by atoms with Crippen molar-refractivity contribution in [1.82, 2.24) is 0 Å². The maximum atomic E-state index is 13.0. The third-order valence-electron chi connectivity index (χ3n) is 4.30. The number of amides is 1. The first kappa shape index (κ1) is 13.7. The van der Waals surface area contributed by atoms with Crippen molar-refractivity contribution < 1.29 is 4.79 Å². The predicted molar refractivity (Wildman–Crippen MR) is 86.6 cm³/mol. The Morgan fingerprint density at radius 2 is 1.95 bits per heavy atom. The van der Waals surface area contributed by atoms with E-state index in [1.54, 1.807) is 0 Å². The summed E-state index contributed by atoms with van der Waals surface area (Å²) in [6.07, 6.45) is 2.00. The number of carbonyl (C=O) groups is 1. The van der Waals surface area contributed by atoms with Crippen LogP contribution in [0.4, 0.5) is 11.4 Å². The summed E-state index contributed by atoms with van der Waals surface area (Å²) >= 11 is 0. The number of para-hydroxylation sites is 2. The van der Waals surface area contributed by atoms with Crippen LogP contribution in [0, 0.1) is 6.92 Å². The van der Waals surface area contributed by atoms with Crippen molar-refractivity contribution in [2.45, 2.75) is 32.7 Å². The Bertz CT molecular complexity index is 693. The number of aryl methyl sites for hydroxylation is 2. The van der Waals surface area contributed by atoms with Gasteiger partial charge in [-0.3, -0.25) is 4.79 Å². The molecular weight excluding hydrogens is 260 g/mol. The third-order valence-corrected chi connectivity index (χ3v) is 4.30. The van der Waals surface area contributed by atoms with Crippen LogP contribution in [-0.4, -0.2) is 11.9 Å². The van der Waals surface area contributed by atoms with Crippen LogP contribution in [0.25, 0.3) is 0 Å². The number of rotatable bonds is 1. The van der Waals surface area contributed by atoms with Gasteiger partial charge in [0, 0.05) is 17.4 Å². The van der Waals surface area contributed by atoms with Crippen LogP contribution in [0.1, 0.15) is 34.8 Å². The monoisotopic (exact) mass is 280 g/mol. The summed E-state index contributed by atoms with van der Waals surface area (Å²) in [6, 6.07) is 14.0. The molecule has 108 valence electrons. The van der Waals surface area contributed by atoms with Gasteiger partial charge in [-0.1, -0.05) is 30.3 Å². The zero-order valence-corrected chi connectivity index (χ0v) is 12.5. The Labute approximate surface area is 125 Å². The van der Waals surface area contributed by atoms with Crippen LogP contribution in [0.2, 0.25) is 0 Å². The molecule has 3 rings (SSSR count). The van der Waals surface area contributed by atoms with Crippen molar-refractivity contribution in [2.75, 3.05) is 10.6 Å². The summed E-state index contributed by atoms with van der Waals surface area (Å²) < 4.78 is 0. The first-order chi connectivity index (χ1) is 10.1. The molecule has 2 aromatic carbocycles. The second-order valence-electron chi connectivity index (χ2n) is 5.73. The molecule has 1 amide bonds. The Balaban J connectivity index is 2.07. The van der Waals surface area contributed by atoms with E-state index in [9.17, 15) is 4.79 Å². The Morgan fingerprint density at radius 1 is 1.19 bits per heavy atom. The van der Waals surface area contributed by atoms with Gasteiger partial charge >= 0.3 is 0 Å². The van der Waals surface area contributed by atoms with E-state index < -0.39 is 0 Å². The number of carbonyl (C=O) groups excluding carboxylic acids is 1. The highest BCUT2D eigenvalue weighted by Crippen LogP contribution is 2.32. The van der Waals surface area contributed by atoms with Gasteiger partial charge in [-0.15, -0.1) is 0 Å². The van der Waals surface area contributed by atoms with Crippen LogP contribution in [0.3, 0.4) is 0 Å². The van der Waals surface area contributed by atoms with Gasteiger partial charge in [0.2, 0.25) is 0 Å². The molecule has 1 aliphatic rings. The topological polar surface area (TPSA) is 46.3 Å². The lowest BCUT2D eigenvalue weighted by Crippen LogP contribution is -2.42. The molecule has 1 unspecified atom stereocenters. The zero-order valence-electron chi connectivity index (χ0n) is 12.5. The fraction of sp³-hybridized carbons (Fsp3) is 0.278. The Morgan fingerprint density at radius 3 is 2.76 bits per heavy atom. The second kappa shape index (κ2) is 5.24. The van der Waals surface area contributed by atoms with E-state index in [0.717, 1.165) is 24.1 Å². The minimum absolute atomic E-state index is 0.00384. The van der Waals surface area contributed by atoms with Crippen molar-refractivity contribution in [2.24, 2.45) is 0 Å². The van der Waals surface area contributed by atoms with Crippen molar-refractivity contribution in [3.05, 3.63) is 59.2 Å². The van der Waals surface area contributed by atoms with Crippen LogP contribution in [-0.2, 0) is 6.42 Å². The predicted octanol–water partition coefficient (Wildman–Crippen LogP) is 3.56. The third kappa shape index (κ3) is 2.29. The van der Waals surface area contributed by atoms with E-state index in [4.69, 9.17) is 5.73 Å². The molecule has 0 aliphatic carbocycles. The summed E-state index contributed by atoms with van der Waals surface area (Å²) in [7, 11) is 0. The molecule has 0 fully saturated rings. The molecular formula is C18H20N2O. The lowest BCUT2D eigenvalue weighted by atomic mass is 9.95. The van der Waals surface area contributed by atoms with E-state index in [0.29, 0.717) is 11.3 Å². The summed E-state index contributed by atoms with van der Waals surface area (Å²) in [5.41, 5.74) is 10.5. The molecule has 1 aliphatic heterocycles. The lowest BCUT2D eigenvalue weighted by Gasteiger charge is -2.35. The number of fused-ring (bicyclic) bond motifs is 1. The first-order valence-corrected chi connectivity index (χ1v) is 7.36. The number of nitrogen functional groups attached to an aromatic ring is 1. The van der Waals surface area contributed by atoms with Crippen LogP contribution < -0.4 is 10.6 Å². The number of hydrogen-bond acceptors (Lipinski definition) is 2. The van der Waals surface area contributed by atoms with E-state index in [1.807, 2.05) is 48.2 Å². The normalized spacial score (nSPS) is 17.4. The van der Waals surface area contributed by atoms with Gasteiger partial charge in [0.05, 0.1) is 5.56 Å². The zero-order chi connectivity index (χ0) is 15.0. The van der Waals surface area contributed by atoms with Crippen LogP contribution in [0.15, 0.2) is 42.5 Å². The number of hydrogen-bond donors (Lipinski definition) is 1. The molecule has 2 N–H and O–H groups in total. The van der Waals surface area contributed by atoms with Gasteiger partial charge in [-0.05, 0) is 49.9 Å². The smallest absolute Gasteiger partial charge is 0.260 e. The molecule has 0 saturated heterocycles. The van der Waals surface area contributed by atoms with Gasteiger partial charge in [0.15, 0.2) is 0 Å². The SMILES string of the molecule is Cc1cccc(C(=O)N2c3ccccc3CCC2C)c1N. The molecule has 1 atom stereocenters. The average Bonchev–Trinajstić information content (AvgIpc) is 2.49.